The molecule has 29 heavy (non-hydrogen) atoms. The van der Waals surface area contributed by atoms with E-state index in [4.69, 9.17) is 4.74 Å². The van der Waals surface area contributed by atoms with Crippen LogP contribution in [0.5, 0.6) is 0 Å². The first-order valence-corrected chi connectivity index (χ1v) is 10.2. The molecule has 0 aliphatic rings. The van der Waals surface area contributed by atoms with Crippen LogP contribution in [-0.2, 0) is 20.9 Å². The number of anilines is 1. The molecule has 0 bridgehead atoms. The van der Waals surface area contributed by atoms with E-state index in [2.05, 4.69) is 10.3 Å². The molecule has 0 aliphatic carbocycles. The van der Waals surface area contributed by atoms with Gasteiger partial charge < -0.3 is 10.1 Å². The van der Waals surface area contributed by atoms with Crippen LogP contribution in [0.1, 0.15) is 16.8 Å². The van der Waals surface area contributed by atoms with E-state index < -0.39 is 5.97 Å². The third kappa shape index (κ3) is 5.68. The number of amides is 1. The van der Waals surface area contributed by atoms with Crippen molar-refractivity contribution in [1.29, 1.82) is 0 Å². The van der Waals surface area contributed by atoms with Crippen molar-refractivity contribution in [2.24, 2.45) is 0 Å². The Balaban J connectivity index is 1.46. The summed E-state index contributed by atoms with van der Waals surface area (Å²) in [6, 6.07) is 12.5. The molecule has 0 fully saturated rings. The smallest absolute Gasteiger partial charge is 0.316 e. The van der Waals surface area contributed by atoms with Gasteiger partial charge in [-0.05, 0) is 43.2 Å². The highest BCUT2D eigenvalue weighted by Gasteiger charge is 2.10. The number of fused-ring (bicyclic) bond motifs is 1. The molecule has 150 valence electrons. The molecule has 0 spiro atoms. The fourth-order valence-corrected chi connectivity index (χ4v) is 3.34. The lowest BCUT2D eigenvalue weighted by Crippen LogP contribution is -2.18. The van der Waals surface area contributed by atoms with Crippen molar-refractivity contribution in [3.63, 3.8) is 0 Å². The third-order valence-electron chi connectivity index (χ3n) is 4.08. The number of hydrogen-bond acceptors (Lipinski definition) is 6. The molecule has 8 heteroatoms. The standard InChI is InChI=1S/C21H21N3O4S/c1-14-5-3-7-16(9-14)22-18(25)12-29-13-20(27)28-11-17-10-19(26)24-8-4-6-15(2)21(24)23-17/h3-10H,11-13H2,1-2H3,(H,22,25). The Kier molecular flexibility index (Phi) is 6.66. The number of aryl methyl sites for hydroxylation is 2. The lowest BCUT2D eigenvalue weighted by molar-refractivity contribution is -0.141. The van der Waals surface area contributed by atoms with E-state index in [0.717, 1.165) is 28.6 Å². The molecule has 0 radical (unpaired) electrons. The minimum absolute atomic E-state index is 0.0346. The normalized spacial score (nSPS) is 10.7. The fraction of sp³-hybridized carbons (Fsp3) is 0.238. The number of thioether (sulfide) groups is 1. The van der Waals surface area contributed by atoms with Gasteiger partial charge in [0.1, 0.15) is 12.3 Å². The average Bonchev–Trinajstić information content (AvgIpc) is 2.67. The van der Waals surface area contributed by atoms with Crippen LogP contribution < -0.4 is 10.9 Å². The molecular formula is C21H21N3O4S. The van der Waals surface area contributed by atoms with E-state index in [1.54, 1.807) is 12.3 Å². The maximum absolute atomic E-state index is 12.1. The minimum atomic E-state index is -0.467. The predicted molar refractivity (Wildman–Crippen MR) is 113 cm³/mol. The number of benzene rings is 1. The number of hydrogen-bond donors (Lipinski definition) is 1. The molecular weight excluding hydrogens is 390 g/mol. The second-order valence-corrected chi connectivity index (χ2v) is 7.53. The Hall–Kier alpha value is -3.13. The number of pyridine rings is 1. The fourth-order valence-electron chi connectivity index (χ4n) is 2.73. The lowest BCUT2D eigenvalue weighted by Gasteiger charge is -2.08. The van der Waals surface area contributed by atoms with Gasteiger partial charge >= 0.3 is 5.97 Å². The maximum Gasteiger partial charge on any atom is 0.316 e. The van der Waals surface area contributed by atoms with Crippen molar-refractivity contribution in [1.82, 2.24) is 9.38 Å². The molecule has 1 amide bonds. The van der Waals surface area contributed by atoms with E-state index in [-0.39, 0.29) is 29.6 Å². The number of nitrogens with zero attached hydrogens (tertiary/aromatic N) is 2. The first kappa shape index (κ1) is 20.6. The predicted octanol–water partition coefficient (Wildman–Crippen LogP) is 2.73. The largest absolute Gasteiger partial charge is 0.459 e. The number of esters is 1. The molecule has 0 saturated heterocycles. The van der Waals surface area contributed by atoms with E-state index in [0.29, 0.717) is 11.3 Å². The molecule has 7 nitrogen and oxygen atoms in total. The van der Waals surface area contributed by atoms with Crippen molar-refractivity contribution >= 4 is 35.0 Å². The zero-order valence-electron chi connectivity index (χ0n) is 16.2. The molecule has 3 rings (SSSR count). The number of ether oxygens (including phenoxy) is 1. The van der Waals surface area contributed by atoms with Crippen LogP contribution in [0, 0.1) is 13.8 Å². The summed E-state index contributed by atoms with van der Waals surface area (Å²) in [6.07, 6.45) is 1.64. The Morgan fingerprint density at radius 3 is 2.76 bits per heavy atom. The third-order valence-corrected chi connectivity index (χ3v) is 4.98. The van der Waals surface area contributed by atoms with Crippen molar-refractivity contribution in [3.05, 3.63) is 75.8 Å². The van der Waals surface area contributed by atoms with Gasteiger partial charge in [-0.1, -0.05) is 18.2 Å². The molecule has 0 atom stereocenters. The quantitative estimate of drug-likeness (QED) is 0.602. The van der Waals surface area contributed by atoms with Gasteiger partial charge in [0.25, 0.3) is 5.56 Å². The SMILES string of the molecule is Cc1cccc(NC(=O)CSCC(=O)OCc2cc(=O)n3cccc(C)c3n2)c1. The number of carbonyl (C=O) groups is 2. The second-order valence-electron chi connectivity index (χ2n) is 6.54. The van der Waals surface area contributed by atoms with Crippen LogP contribution in [0.15, 0.2) is 53.5 Å². The highest BCUT2D eigenvalue weighted by atomic mass is 32.2. The van der Waals surface area contributed by atoms with Gasteiger partial charge in [0.05, 0.1) is 17.2 Å². The topological polar surface area (TPSA) is 89.8 Å². The molecule has 2 heterocycles. The summed E-state index contributed by atoms with van der Waals surface area (Å²) in [6.45, 7) is 3.71. The van der Waals surface area contributed by atoms with Gasteiger partial charge in [-0.25, -0.2) is 4.98 Å². The van der Waals surface area contributed by atoms with Crippen LogP contribution in [0.4, 0.5) is 5.69 Å². The molecule has 3 aromatic rings. The maximum atomic E-state index is 12.1. The summed E-state index contributed by atoms with van der Waals surface area (Å²) in [5.41, 5.74) is 3.33. The first-order chi connectivity index (χ1) is 13.9. The summed E-state index contributed by atoms with van der Waals surface area (Å²) in [4.78, 5) is 40.4. The monoisotopic (exact) mass is 411 g/mol. The molecule has 0 unspecified atom stereocenters. The Labute approximate surface area is 172 Å². The van der Waals surface area contributed by atoms with Gasteiger partial charge in [0, 0.05) is 18.0 Å². The molecule has 1 aromatic carbocycles. The van der Waals surface area contributed by atoms with Crippen LogP contribution in [0.2, 0.25) is 0 Å². The van der Waals surface area contributed by atoms with Crippen molar-refractivity contribution in [2.45, 2.75) is 20.5 Å². The summed E-state index contributed by atoms with van der Waals surface area (Å²) in [5, 5.41) is 2.78. The van der Waals surface area contributed by atoms with Gasteiger partial charge in [0.15, 0.2) is 0 Å². The van der Waals surface area contributed by atoms with E-state index in [1.165, 1.54) is 10.5 Å². The first-order valence-electron chi connectivity index (χ1n) is 9.00. The van der Waals surface area contributed by atoms with Gasteiger partial charge in [0.2, 0.25) is 5.91 Å². The highest BCUT2D eigenvalue weighted by Crippen LogP contribution is 2.11. The van der Waals surface area contributed by atoms with Gasteiger partial charge in [-0.15, -0.1) is 11.8 Å². The van der Waals surface area contributed by atoms with E-state index in [1.807, 2.05) is 44.2 Å². The molecule has 2 aromatic heterocycles. The van der Waals surface area contributed by atoms with Crippen LogP contribution in [0.3, 0.4) is 0 Å². The van der Waals surface area contributed by atoms with Crippen molar-refractivity contribution in [3.8, 4) is 0 Å². The lowest BCUT2D eigenvalue weighted by atomic mass is 10.2. The summed E-state index contributed by atoms with van der Waals surface area (Å²) in [5.74, 6) is -0.483. The Bertz CT molecular complexity index is 1110. The van der Waals surface area contributed by atoms with Crippen LogP contribution in [-0.4, -0.2) is 32.8 Å². The van der Waals surface area contributed by atoms with Crippen LogP contribution >= 0.6 is 11.8 Å². The number of carbonyl (C=O) groups excluding carboxylic acids is 2. The van der Waals surface area contributed by atoms with Crippen LogP contribution in [0.25, 0.3) is 5.65 Å². The Morgan fingerprint density at radius 1 is 1.14 bits per heavy atom. The molecule has 0 aliphatic heterocycles. The number of rotatable bonds is 7. The number of nitrogens with one attached hydrogen (secondary N) is 1. The van der Waals surface area contributed by atoms with Crippen molar-refractivity contribution < 1.29 is 14.3 Å². The zero-order valence-corrected chi connectivity index (χ0v) is 17.0. The summed E-state index contributed by atoms with van der Waals surface area (Å²) in [7, 11) is 0. The number of aromatic nitrogens is 2. The average molecular weight is 411 g/mol. The Morgan fingerprint density at radius 2 is 1.97 bits per heavy atom. The van der Waals surface area contributed by atoms with Gasteiger partial charge in [-0.3, -0.25) is 18.8 Å². The summed E-state index contributed by atoms with van der Waals surface area (Å²) < 4.78 is 6.63. The minimum Gasteiger partial charge on any atom is -0.459 e. The van der Waals surface area contributed by atoms with E-state index >= 15 is 0 Å². The molecule has 0 saturated carbocycles. The van der Waals surface area contributed by atoms with Crippen molar-refractivity contribution in [2.75, 3.05) is 16.8 Å². The zero-order chi connectivity index (χ0) is 20.8. The highest BCUT2D eigenvalue weighted by molar-refractivity contribution is 8.00. The summed E-state index contributed by atoms with van der Waals surface area (Å²) >= 11 is 1.16. The van der Waals surface area contributed by atoms with E-state index in [9.17, 15) is 14.4 Å². The second kappa shape index (κ2) is 9.38. The van der Waals surface area contributed by atoms with Gasteiger partial charge in [-0.2, -0.15) is 0 Å². The molecule has 1 N–H and O–H groups in total.